The summed E-state index contributed by atoms with van der Waals surface area (Å²) < 4.78 is 27.8. The molecule has 184 valence electrons. The van der Waals surface area contributed by atoms with Crippen molar-refractivity contribution in [1.82, 2.24) is 14.7 Å². The highest BCUT2D eigenvalue weighted by Crippen LogP contribution is 2.40. The van der Waals surface area contributed by atoms with E-state index in [-0.39, 0.29) is 27.7 Å². The number of nitrogens with zero attached hydrogens (tertiary/aromatic N) is 3. The molecule has 1 atom stereocenters. The van der Waals surface area contributed by atoms with Gasteiger partial charge in [-0.25, -0.2) is 14.7 Å². The van der Waals surface area contributed by atoms with Crippen molar-refractivity contribution >= 4 is 27.6 Å². The average Bonchev–Trinajstić information content (AvgIpc) is 3.06. The van der Waals surface area contributed by atoms with Gasteiger partial charge < -0.3 is 15.7 Å². The van der Waals surface area contributed by atoms with E-state index in [1.807, 2.05) is 17.9 Å². The lowest BCUT2D eigenvalue weighted by atomic mass is 9.90. The van der Waals surface area contributed by atoms with Gasteiger partial charge in [0.2, 0.25) is 0 Å². The van der Waals surface area contributed by atoms with Gasteiger partial charge in [0.05, 0.1) is 11.3 Å². The van der Waals surface area contributed by atoms with Crippen LogP contribution in [0.3, 0.4) is 0 Å². The number of rotatable bonds is 5. The molecule has 1 saturated heterocycles. The van der Waals surface area contributed by atoms with Gasteiger partial charge in [-0.2, -0.15) is 8.42 Å². The number of phenolic OH excluding ortho intramolecular Hbond substituents is 1. The van der Waals surface area contributed by atoms with Crippen LogP contribution in [-0.2, 0) is 10.0 Å². The second-order valence-corrected chi connectivity index (χ2v) is 11.0. The van der Waals surface area contributed by atoms with Crippen LogP contribution in [-0.4, -0.2) is 41.5 Å². The molecule has 10 heteroatoms. The molecule has 1 aliphatic rings. The maximum Gasteiger partial charge on any atom is 0.281 e. The number of aryl methyl sites for hydroxylation is 1. The molecule has 4 N–H and O–H groups in total. The zero-order valence-corrected chi connectivity index (χ0v) is 20.9. The second kappa shape index (κ2) is 8.84. The van der Waals surface area contributed by atoms with Crippen molar-refractivity contribution < 1.29 is 18.3 Å². The molecular weight excluding hydrogens is 466 g/mol. The molecule has 0 saturated carbocycles. The van der Waals surface area contributed by atoms with E-state index in [0.29, 0.717) is 29.5 Å². The number of carbonyl (C=O) groups excluding carboxylic acids is 1. The van der Waals surface area contributed by atoms with Crippen LogP contribution in [0.4, 0.5) is 11.6 Å². The Morgan fingerprint density at radius 1 is 1.17 bits per heavy atom. The normalized spacial score (nSPS) is 17.4. The summed E-state index contributed by atoms with van der Waals surface area (Å²) in [5.74, 6) is -0.0667. The monoisotopic (exact) mass is 495 g/mol. The van der Waals surface area contributed by atoms with Gasteiger partial charge in [0.15, 0.2) is 5.03 Å². The number of nitrogens with one attached hydrogen (secondary N) is 1. The van der Waals surface area contributed by atoms with Crippen molar-refractivity contribution in [3.8, 4) is 17.0 Å². The van der Waals surface area contributed by atoms with Crippen LogP contribution in [0.15, 0.2) is 53.6 Å². The first kappa shape index (κ1) is 24.5. The molecule has 1 amide bonds. The van der Waals surface area contributed by atoms with Gasteiger partial charge in [-0.15, -0.1) is 0 Å². The number of nitrogen functional groups attached to an aromatic ring is 1. The third kappa shape index (κ3) is 4.66. The van der Waals surface area contributed by atoms with Crippen LogP contribution in [0.2, 0.25) is 0 Å². The number of hydrogen-bond acceptors (Lipinski definition) is 8. The summed E-state index contributed by atoms with van der Waals surface area (Å²) in [6.07, 6.45) is 0.890. The number of carbonyl (C=O) groups is 1. The molecule has 0 spiro atoms. The fraction of sp³-hybridized carbons (Fsp3) is 0.320. The molecular formula is C25H29N5O4S. The molecule has 0 aliphatic carbocycles. The molecule has 1 unspecified atom stereocenters. The Morgan fingerprint density at radius 3 is 2.57 bits per heavy atom. The van der Waals surface area contributed by atoms with E-state index >= 15 is 0 Å². The summed E-state index contributed by atoms with van der Waals surface area (Å²) in [4.78, 5) is 23.9. The second-order valence-electron chi connectivity index (χ2n) is 9.42. The lowest BCUT2D eigenvalue weighted by Crippen LogP contribution is -2.43. The van der Waals surface area contributed by atoms with E-state index in [9.17, 15) is 18.3 Å². The van der Waals surface area contributed by atoms with Crippen LogP contribution in [0.5, 0.6) is 5.75 Å². The molecule has 0 radical (unpaired) electrons. The van der Waals surface area contributed by atoms with Crippen molar-refractivity contribution in [3.05, 3.63) is 59.7 Å². The fourth-order valence-corrected chi connectivity index (χ4v) is 5.20. The van der Waals surface area contributed by atoms with Crippen molar-refractivity contribution in [3.63, 3.8) is 0 Å². The SMILES string of the molecule is Cc1ccc(O)c(-c2ccc(C(=O)NS(=O)(=O)c3cccc(N)n3)c(N3CCC(C)C3(C)C)n2)c1. The van der Waals surface area contributed by atoms with Crippen molar-refractivity contribution in [2.45, 2.75) is 44.7 Å². The number of nitrogens with two attached hydrogens (primary N) is 1. The summed E-state index contributed by atoms with van der Waals surface area (Å²) in [7, 11) is -4.26. The highest BCUT2D eigenvalue weighted by molar-refractivity contribution is 7.90. The van der Waals surface area contributed by atoms with Gasteiger partial charge in [-0.3, -0.25) is 4.79 Å². The van der Waals surface area contributed by atoms with Gasteiger partial charge in [0, 0.05) is 17.6 Å². The summed E-state index contributed by atoms with van der Waals surface area (Å²) in [6.45, 7) is 8.82. The summed E-state index contributed by atoms with van der Waals surface area (Å²) in [5, 5.41) is 10.1. The number of hydrogen-bond donors (Lipinski definition) is 3. The van der Waals surface area contributed by atoms with Crippen LogP contribution >= 0.6 is 0 Å². The van der Waals surface area contributed by atoms with E-state index in [1.54, 1.807) is 18.2 Å². The highest BCUT2D eigenvalue weighted by atomic mass is 32.2. The molecule has 3 aromatic rings. The van der Waals surface area contributed by atoms with E-state index in [4.69, 9.17) is 10.7 Å². The number of aromatic nitrogens is 2. The van der Waals surface area contributed by atoms with Gasteiger partial charge in [0.25, 0.3) is 15.9 Å². The molecule has 3 heterocycles. The van der Waals surface area contributed by atoms with Gasteiger partial charge in [-0.1, -0.05) is 24.6 Å². The Balaban J connectivity index is 1.80. The first-order valence-corrected chi connectivity index (χ1v) is 12.8. The Kier molecular flexibility index (Phi) is 6.18. The van der Waals surface area contributed by atoms with Crippen LogP contribution < -0.4 is 15.4 Å². The Morgan fingerprint density at radius 2 is 1.91 bits per heavy atom. The average molecular weight is 496 g/mol. The zero-order valence-electron chi connectivity index (χ0n) is 20.1. The summed E-state index contributed by atoms with van der Waals surface area (Å²) in [5.41, 5.74) is 7.34. The zero-order chi connectivity index (χ0) is 25.5. The van der Waals surface area contributed by atoms with E-state index in [0.717, 1.165) is 12.0 Å². The number of phenols is 1. The summed E-state index contributed by atoms with van der Waals surface area (Å²) in [6, 6.07) is 12.5. The standard InChI is InChI=1S/C25H29N5O4S/c1-15-8-11-20(31)18(14-15)19-10-9-17(23(27-19)30-13-12-16(2)25(30,3)4)24(32)29-35(33,34)22-7-5-6-21(26)28-22/h5-11,14,16,31H,12-13H2,1-4H3,(H2,26,28)(H,29,32). The third-order valence-electron chi connectivity index (χ3n) is 6.74. The van der Waals surface area contributed by atoms with Crippen molar-refractivity contribution in [2.24, 2.45) is 5.92 Å². The van der Waals surface area contributed by atoms with Crippen molar-refractivity contribution in [1.29, 1.82) is 0 Å². The Labute approximate surface area is 205 Å². The van der Waals surface area contributed by atoms with E-state index in [1.165, 1.54) is 24.3 Å². The predicted molar refractivity (Wildman–Crippen MR) is 135 cm³/mol. The Hall–Kier alpha value is -3.66. The van der Waals surface area contributed by atoms with Gasteiger partial charge in [0.1, 0.15) is 17.4 Å². The number of amides is 1. The van der Waals surface area contributed by atoms with E-state index < -0.39 is 15.9 Å². The molecule has 1 aliphatic heterocycles. The fourth-order valence-electron chi connectivity index (χ4n) is 4.26. The number of anilines is 2. The van der Waals surface area contributed by atoms with Crippen LogP contribution in [0, 0.1) is 12.8 Å². The number of sulfonamides is 1. The molecule has 4 rings (SSSR count). The summed E-state index contributed by atoms with van der Waals surface area (Å²) >= 11 is 0. The lowest BCUT2D eigenvalue weighted by molar-refractivity contribution is 0.0981. The number of benzene rings is 1. The lowest BCUT2D eigenvalue weighted by Gasteiger charge is -2.36. The molecule has 2 aromatic heterocycles. The van der Waals surface area contributed by atoms with Gasteiger partial charge >= 0.3 is 0 Å². The predicted octanol–water partition coefficient (Wildman–Crippen LogP) is 3.48. The third-order valence-corrected chi connectivity index (χ3v) is 7.97. The quantitative estimate of drug-likeness (QED) is 0.489. The minimum absolute atomic E-state index is 0.0257. The van der Waals surface area contributed by atoms with Crippen molar-refractivity contribution in [2.75, 3.05) is 17.2 Å². The number of pyridine rings is 2. The maximum absolute atomic E-state index is 13.3. The smallest absolute Gasteiger partial charge is 0.281 e. The minimum Gasteiger partial charge on any atom is -0.507 e. The molecule has 9 nitrogen and oxygen atoms in total. The first-order chi connectivity index (χ1) is 16.4. The largest absolute Gasteiger partial charge is 0.507 e. The Bertz CT molecular complexity index is 1400. The molecule has 0 bridgehead atoms. The number of aromatic hydroxyl groups is 1. The molecule has 1 fully saturated rings. The minimum atomic E-state index is -4.26. The maximum atomic E-state index is 13.3. The first-order valence-electron chi connectivity index (χ1n) is 11.3. The van der Waals surface area contributed by atoms with Crippen LogP contribution in [0.25, 0.3) is 11.3 Å². The van der Waals surface area contributed by atoms with Gasteiger partial charge in [-0.05, 0) is 69.5 Å². The van der Waals surface area contributed by atoms with Crippen LogP contribution in [0.1, 0.15) is 43.1 Å². The topological polar surface area (TPSA) is 139 Å². The molecule has 35 heavy (non-hydrogen) atoms. The van der Waals surface area contributed by atoms with E-state index in [2.05, 4.69) is 30.5 Å². The highest BCUT2D eigenvalue weighted by Gasteiger charge is 2.41. The molecule has 1 aromatic carbocycles.